The number of thiocarbonyl (C=S) groups is 1. The smallest absolute Gasteiger partial charge is 0.228 e. The van der Waals surface area contributed by atoms with Crippen molar-refractivity contribution in [1.29, 1.82) is 0 Å². The minimum absolute atomic E-state index is 0.101. The Morgan fingerprint density at radius 1 is 1.33 bits per heavy atom. The zero-order valence-corrected chi connectivity index (χ0v) is 13.9. The number of fused-ring (bicyclic) bond motifs is 1. The lowest BCUT2D eigenvalue weighted by molar-refractivity contribution is -0.119. The lowest BCUT2D eigenvalue weighted by Gasteiger charge is -2.08. The standard InChI is InChI=1S/C17H16N4O2S/c1-2-4-15(22)21-17(24)19-12-6-7-14-13(9-12)20-16(23-14)11-5-3-8-18-10-11/h3,5-10H,2,4H2,1H3,(H2,19,21,22,24). The van der Waals surface area contributed by atoms with E-state index in [1.54, 1.807) is 18.5 Å². The molecule has 6 nitrogen and oxygen atoms in total. The van der Waals surface area contributed by atoms with E-state index < -0.39 is 0 Å². The number of amides is 1. The summed E-state index contributed by atoms with van der Waals surface area (Å²) in [4.78, 5) is 20.1. The molecule has 0 atom stereocenters. The van der Waals surface area contributed by atoms with Crippen LogP contribution in [0.3, 0.4) is 0 Å². The summed E-state index contributed by atoms with van der Waals surface area (Å²) < 4.78 is 5.73. The molecule has 7 heteroatoms. The largest absolute Gasteiger partial charge is 0.436 e. The zero-order chi connectivity index (χ0) is 16.9. The van der Waals surface area contributed by atoms with Crippen LogP contribution in [0.2, 0.25) is 0 Å². The van der Waals surface area contributed by atoms with E-state index >= 15 is 0 Å². The molecule has 0 bridgehead atoms. The molecule has 0 aliphatic rings. The first kappa shape index (κ1) is 16.1. The number of carbonyl (C=O) groups is 1. The third kappa shape index (κ3) is 3.75. The molecular weight excluding hydrogens is 324 g/mol. The lowest BCUT2D eigenvalue weighted by atomic mass is 10.3. The van der Waals surface area contributed by atoms with E-state index in [9.17, 15) is 4.79 Å². The quantitative estimate of drug-likeness (QED) is 0.708. The van der Waals surface area contributed by atoms with Crippen LogP contribution in [0.5, 0.6) is 0 Å². The van der Waals surface area contributed by atoms with Gasteiger partial charge < -0.3 is 15.1 Å². The van der Waals surface area contributed by atoms with Crippen molar-refractivity contribution < 1.29 is 9.21 Å². The van der Waals surface area contributed by atoms with Gasteiger partial charge in [0, 0.05) is 24.5 Å². The number of aromatic nitrogens is 2. The molecule has 2 heterocycles. The van der Waals surface area contributed by atoms with Crippen LogP contribution in [-0.4, -0.2) is 21.0 Å². The van der Waals surface area contributed by atoms with E-state index in [1.807, 2.05) is 31.2 Å². The maximum atomic E-state index is 11.5. The first-order valence-electron chi connectivity index (χ1n) is 7.57. The number of rotatable bonds is 4. The van der Waals surface area contributed by atoms with Gasteiger partial charge in [0.25, 0.3) is 0 Å². The fourth-order valence-electron chi connectivity index (χ4n) is 2.20. The number of hydrogen-bond acceptors (Lipinski definition) is 5. The fraction of sp³-hybridized carbons (Fsp3) is 0.176. The number of nitrogens with zero attached hydrogens (tertiary/aromatic N) is 2. The second-order valence-corrected chi connectivity index (χ2v) is 5.60. The van der Waals surface area contributed by atoms with Gasteiger partial charge in [-0.2, -0.15) is 0 Å². The van der Waals surface area contributed by atoms with E-state index in [2.05, 4.69) is 20.6 Å². The molecule has 0 unspecified atom stereocenters. The summed E-state index contributed by atoms with van der Waals surface area (Å²) in [5, 5.41) is 5.88. The van der Waals surface area contributed by atoms with Crippen molar-refractivity contribution in [3.63, 3.8) is 0 Å². The number of nitrogens with one attached hydrogen (secondary N) is 2. The molecule has 1 amide bonds. The topological polar surface area (TPSA) is 80.0 Å². The summed E-state index contributed by atoms with van der Waals surface area (Å²) in [6, 6.07) is 9.15. The maximum absolute atomic E-state index is 11.5. The molecule has 24 heavy (non-hydrogen) atoms. The van der Waals surface area contributed by atoms with E-state index in [0.29, 0.717) is 23.4 Å². The fourth-order valence-corrected chi connectivity index (χ4v) is 2.43. The zero-order valence-electron chi connectivity index (χ0n) is 13.1. The van der Waals surface area contributed by atoms with Gasteiger partial charge in [-0.25, -0.2) is 4.98 Å². The molecule has 2 N–H and O–H groups in total. The Morgan fingerprint density at radius 3 is 2.96 bits per heavy atom. The van der Waals surface area contributed by atoms with Gasteiger partial charge in [0.2, 0.25) is 11.8 Å². The SMILES string of the molecule is CCCC(=O)NC(=S)Nc1ccc2oc(-c3cccnc3)nc2c1. The van der Waals surface area contributed by atoms with E-state index in [-0.39, 0.29) is 11.0 Å². The lowest BCUT2D eigenvalue weighted by Crippen LogP contribution is -2.33. The molecule has 0 aliphatic heterocycles. The van der Waals surface area contributed by atoms with Gasteiger partial charge in [0.1, 0.15) is 5.52 Å². The summed E-state index contributed by atoms with van der Waals surface area (Å²) in [6.07, 6.45) is 4.61. The van der Waals surface area contributed by atoms with Gasteiger partial charge in [-0.1, -0.05) is 6.92 Å². The summed E-state index contributed by atoms with van der Waals surface area (Å²) in [7, 11) is 0. The van der Waals surface area contributed by atoms with Crippen molar-refractivity contribution in [1.82, 2.24) is 15.3 Å². The minimum atomic E-state index is -0.101. The van der Waals surface area contributed by atoms with Gasteiger partial charge in [0.05, 0.1) is 5.56 Å². The highest BCUT2D eigenvalue weighted by atomic mass is 32.1. The number of hydrogen-bond donors (Lipinski definition) is 2. The van der Waals surface area contributed by atoms with Crippen LogP contribution in [0.1, 0.15) is 19.8 Å². The van der Waals surface area contributed by atoms with E-state index in [0.717, 1.165) is 17.7 Å². The minimum Gasteiger partial charge on any atom is -0.436 e. The van der Waals surface area contributed by atoms with Crippen molar-refractivity contribution >= 4 is 40.0 Å². The Hall–Kier alpha value is -2.80. The van der Waals surface area contributed by atoms with Crippen molar-refractivity contribution in [2.45, 2.75) is 19.8 Å². The number of carbonyl (C=O) groups excluding carboxylic acids is 1. The van der Waals surface area contributed by atoms with Crippen LogP contribution in [0.25, 0.3) is 22.6 Å². The Morgan fingerprint density at radius 2 is 2.21 bits per heavy atom. The van der Waals surface area contributed by atoms with Crippen molar-refractivity contribution in [2.24, 2.45) is 0 Å². The Bertz CT molecular complexity index is 877. The molecule has 0 fully saturated rings. The first-order valence-corrected chi connectivity index (χ1v) is 7.98. The monoisotopic (exact) mass is 340 g/mol. The van der Waals surface area contributed by atoms with Crippen molar-refractivity contribution in [3.05, 3.63) is 42.7 Å². The molecule has 3 rings (SSSR count). The number of benzene rings is 1. The number of pyridine rings is 1. The molecule has 3 aromatic rings. The van der Waals surface area contributed by atoms with Crippen LogP contribution >= 0.6 is 12.2 Å². The average molecular weight is 340 g/mol. The van der Waals surface area contributed by atoms with E-state index in [1.165, 1.54) is 0 Å². The van der Waals surface area contributed by atoms with Crippen LogP contribution in [0.15, 0.2) is 47.1 Å². The van der Waals surface area contributed by atoms with Crippen LogP contribution in [0, 0.1) is 0 Å². The van der Waals surface area contributed by atoms with Crippen molar-refractivity contribution in [3.8, 4) is 11.5 Å². The molecule has 2 aromatic heterocycles. The molecule has 1 aromatic carbocycles. The van der Waals surface area contributed by atoms with Gasteiger partial charge in [-0.3, -0.25) is 9.78 Å². The average Bonchev–Trinajstić information content (AvgIpc) is 2.99. The number of oxazole rings is 1. The molecule has 0 radical (unpaired) electrons. The Balaban J connectivity index is 1.76. The molecule has 0 saturated carbocycles. The van der Waals surface area contributed by atoms with Gasteiger partial charge in [0.15, 0.2) is 10.7 Å². The molecule has 0 aliphatic carbocycles. The van der Waals surface area contributed by atoms with Gasteiger partial charge in [-0.05, 0) is 49.0 Å². The van der Waals surface area contributed by atoms with Crippen LogP contribution in [-0.2, 0) is 4.79 Å². The Kier molecular flexibility index (Phi) is 4.81. The highest BCUT2D eigenvalue weighted by Gasteiger charge is 2.10. The maximum Gasteiger partial charge on any atom is 0.228 e. The van der Waals surface area contributed by atoms with Crippen LogP contribution < -0.4 is 10.6 Å². The summed E-state index contributed by atoms with van der Waals surface area (Å²) in [6.45, 7) is 1.94. The number of anilines is 1. The third-order valence-corrected chi connectivity index (χ3v) is 3.49. The summed E-state index contributed by atoms with van der Waals surface area (Å²) >= 11 is 5.14. The highest BCUT2D eigenvalue weighted by molar-refractivity contribution is 7.80. The predicted molar refractivity (Wildman–Crippen MR) is 96.5 cm³/mol. The van der Waals surface area contributed by atoms with Gasteiger partial charge in [-0.15, -0.1) is 0 Å². The second-order valence-electron chi connectivity index (χ2n) is 5.20. The molecule has 122 valence electrons. The van der Waals surface area contributed by atoms with Gasteiger partial charge >= 0.3 is 0 Å². The molecular formula is C17H16N4O2S. The first-order chi connectivity index (χ1) is 11.7. The second kappa shape index (κ2) is 7.18. The molecule has 0 spiro atoms. The van der Waals surface area contributed by atoms with Crippen LogP contribution in [0.4, 0.5) is 5.69 Å². The summed E-state index contributed by atoms with van der Waals surface area (Å²) in [5.41, 5.74) is 2.91. The normalized spacial score (nSPS) is 10.5. The van der Waals surface area contributed by atoms with E-state index in [4.69, 9.17) is 16.6 Å². The molecule has 0 saturated heterocycles. The highest BCUT2D eigenvalue weighted by Crippen LogP contribution is 2.25. The predicted octanol–water partition coefficient (Wildman–Crippen LogP) is 3.50. The Labute approximate surface area is 144 Å². The van der Waals surface area contributed by atoms with Crippen molar-refractivity contribution in [2.75, 3.05) is 5.32 Å². The third-order valence-electron chi connectivity index (χ3n) is 3.28. The summed E-state index contributed by atoms with van der Waals surface area (Å²) in [5.74, 6) is 0.408.